The van der Waals surface area contributed by atoms with Gasteiger partial charge in [0.2, 0.25) is 0 Å². The highest BCUT2D eigenvalue weighted by Crippen LogP contribution is 2.34. The summed E-state index contributed by atoms with van der Waals surface area (Å²) in [6.45, 7) is 3.97. The van der Waals surface area contributed by atoms with Gasteiger partial charge in [0.05, 0.1) is 9.52 Å². The third kappa shape index (κ3) is 1.85. The Morgan fingerprint density at radius 1 is 1.00 bits per heavy atom. The molecule has 3 rings (SSSR count). The van der Waals surface area contributed by atoms with Gasteiger partial charge in [-0.25, -0.2) is 0 Å². The van der Waals surface area contributed by atoms with E-state index in [1.54, 1.807) is 10.8 Å². The molecule has 0 bridgehead atoms. The molecule has 0 amide bonds. The van der Waals surface area contributed by atoms with Crippen molar-refractivity contribution in [2.75, 3.05) is 0 Å². The van der Waals surface area contributed by atoms with Crippen molar-refractivity contribution in [3.05, 3.63) is 60.5 Å². The van der Waals surface area contributed by atoms with Gasteiger partial charge in [0.1, 0.15) is 0 Å². The molecule has 0 nitrogen and oxygen atoms in total. The fraction of sp³-hybridized carbons (Fsp3) is 0.188. The lowest BCUT2D eigenvalue weighted by Gasteiger charge is -2.07. The van der Waals surface area contributed by atoms with E-state index in [9.17, 15) is 0 Å². The van der Waals surface area contributed by atoms with Crippen LogP contribution in [0.5, 0.6) is 0 Å². The smallest absolute Gasteiger partial charge is 0.0551 e. The zero-order valence-electron chi connectivity index (χ0n) is 10.1. The SMILES string of the molecule is [CH2]CC[SiH2]c1cccc2c1Cc1ccccc1-2. The maximum absolute atomic E-state index is 3.97. The van der Waals surface area contributed by atoms with Crippen LogP contribution in [0.1, 0.15) is 17.5 Å². The van der Waals surface area contributed by atoms with Gasteiger partial charge in [0, 0.05) is 0 Å². The summed E-state index contributed by atoms with van der Waals surface area (Å²) in [7, 11) is -0.110. The molecule has 85 valence electrons. The molecule has 0 fully saturated rings. The zero-order chi connectivity index (χ0) is 11.7. The largest absolute Gasteiger partial charge is 0.0634 e. The third-order valence-corrected chi connectivity index (χ3v) is 5.70. The van der Waals surface area contributed by atoms with E-state index in [0.29, 0.717) is 0 Å². The predicted molar refractivity (Wildman–Crippen MR) is 77.6 cm³/mol. The Kier molecular flexibility index (Phi) is 2.85. The van der Waals surface area contributed by atoms with Crippen molar-refractivity contribution in [1.82, 2.24) is 0 Å². The van der Waals surface area contributed by atoms with Crippen molar-refractivity contribution >= 4 is 14.7 Å². The van der Waals surface area contributed by atoms with Crippen molar-refractivity contribution < 1.29 is 0 Å². The first-order valence-electron chi connectivity index (χ1n) is 6.38. The van der Waals surface area contributed by atoms with Gasteiger partial charge in [-0.05, 0) is 28.7 Å². The predicted octanol–water partition coefficient (Wildman–Crippen LogP) is 2.69. The molecule has 17 heavy (non-hydrogen) atoms. The van der Waals surface area contributed by atoms with E-state index in [1.807, 2.05) is 0 Å². The first kappa shape index (κ1) is 10.8. The van der Waals surface area contributed by atoms with Crippen LogP contribution < -0.4 is 5.19 Å². The molecule has 0 aliphatic heterocycles. The molecule has 0 atom stereocenters. The van der Waals surface area contributed by atoms with Gasteiger partial charge in [-0.15, -0.1) is 0 Å². The molecule has 1 heteroatoms. The van der Waals surface area contributed by atoms with Gasteiger partial charge >= 0.3 is 0 Å². The maximum Gasteiger partial charge on any atom is 0.0551 e. The Morgan fingerprint density at radius 2 is 1.82 bits per heavy atom. The van der Waals surface area contributed by atoms with E-state index < -0.39 is 0 Å². The minimum atomic E-state index is -0.110. The summed E-state index contributed by atoms with van der Waals surface area (Å²) < 4.78 is 0. The van der Waals surface area contributed by atoms with Crippen LogP contribution in [0.15, 0.2) is 42.5 Å². The molecule has 0 unspecified atom stereocenters. The summed E-state index contributed by atoms with van der Waals surface area (Å²) in [4.78, 5) is 0. The van der Waals surface area contributed by atoms with Crippen molar-refractivity contribution in [3.8, 4) is 11.1 Å². The second-order valence-electron chi connectivity index (χ2n) is 4.73. The van der Waals surface area contributed by atoms with E-state index in [4.69, 9.17) is 0 Å². The van der Waals surface area contributed by atoms with Crippen molar-refractivity contribution in [1.29, 1.82) is 0 Å². The third-order valence-electron chi connectivity index (χ3n) is 3.64. The lowest BCUT2D eigenvalue weighted by Crippen LogP contribution is -2.18. The molecule has 1 radical (unpaired) electrons. The van der Waals surface area contributed by atoms with Crippen LogP contribution in [0.2, 0.25) is 6.04 Å². The van der Waals surface area contributed by atoms with Gasteiger partial charge in [0.25, 0.3) is 0 Å². The van der Waals surface area contributed by atoms with Crippen LogP contribution in [0.3, 0.4) is 0 Å². The molecular formula is C16H17Si. The highest BCUT2D eigenvalue weighted by Gasteiger charge is 2.19. The number of fused-ring (bicyclic) bond motifs is 3. The summed E-state index contributed by atoms with van der Waals surface area (Å²) >= 11 is 0. The van der Waals surface area contributed by atoms with Crippen LogP contribution in [0, 0.1) is 6.92 Å². The molecule has 0 heterocycles. The van der Waals surface area contributed by atoms with Gasteiger partial charge in [0.15, 0.2) is 0 Å². The molecule has 0 saturated carbocycles. The Balaban J connectivity index is 2.05. The summed E-state index contributed by atoms with van der Waals surface area (Å²) in [5.74, 6) is 0. The summed E-state index contributed by atoms with van der Waals surface area (Å²) in [6.07, 6.45) is 2.23. The first-order valence-corrected chi connectivity index (χ1v) is 8.09. The monoisotopic (exact) mass is 237 g/mol. The van der Waals surface area contributed by atoms with E-state index in [-0.39, 0.29) is 9.52 Å². The maximum atomic E-state index is 3.97. The Morgan fingerprint density at radius 3 is 2.71 bits per heavy atom. The van der Waals surface area contributed by atoms with E-state index in [1.165, 1.54) is 22.7 Å². The minimum absolute atomic E-state index is 0.110. The number of rotatable bonds is 3. The second kappa shape index (κ2) is 4.50. The van der Waals surface area contributed by atoms with Crippen molar-refractivity contribution in [2.45, 2.75) is 18.9 Å². The van der Waals surface area contributed by atoms with Crippen molar-refractivity contribution in [2.24, 2.45) is 0 Å². The molecular weight excluding hydrogens is 220 g/mol. The molecule has 0 spiro atoms. The van der Waals surface area contributed by atoms with Crippen molar-refractivity contribution in [3.63, 3.8) is 0 Å². The zero-order valence-corrected chi connectivity index (χ0v) is 11.5. The molecule has 0 saturated heterocycles. The number of hydrogen-bond donors (Lipinski definition) is 0. The fourth-order valence-electron chi connectivity index (χ4n) is 2.77. The summed E-state index contributed by atoms with van der Waals surface area (Å²) in [6, 6.07) is 17.0. The van der Waals surface area contributed by atoms with Crippen LogP contribution in [-0.2, 0) is 6.42 Å². The lowest BCUT2D eigenvalue weighted by atomic mass is 10.1. The molecule has 1 aliphatic rings. The van der Waals surface area contributed by atoms with Gasteiger partial charge < -0.3 is 0 Å². The number of benzene rings is 2. The highest BCUT2D eigenvalue weighted by molar-refractivity contribution is 6.54. The second-order valence-corrected chi connectivity index (χ2v) is 6.70. The van der Waals surface area contributed by atoms with E-state index in [2.05, 4.69) is 49.4 Å². The standard InChI is InChI=1S/C16H17Si/c1-2-10-17-16-9-5-8-14-13-7-4-3-6-12(13)11-15(14)16/h3-9H,1-2,10-11,17H2. The quantitative estimate of drug-likeness (QED) is 0.614. The Hall–Kier alpha value is -1.34. The fourth-order valence-corrected chi connectivity index (χ4v) is 4.32. The average Bonchev–Trinajstić information content (AvgIpc) is 2.75. The molecule has 0 N–H and O–H groups in total. The normalized spacial score (nSPS) is 13.0. The topological polar surface area (TPSA) is 0 Å². The molecule has 1 aliphatic carbocycles. The number of hydrogen-bond acceptors (Lipinski definition) is 0. The molecule has 2 aromatic carbocycles. The lowest BCUT2D eigenvalue weighted by molar-refractivity contribution is 1.20. The first-order chi connectivity index (χ1) is 8.40. The van der Waals surface area contributed by atoms with Crippen LogP contribution in [-0.4, -0.2) is 9.52 Å². The Labute approximate surface area is 106 Å². The van der Waals surface area contributed by atoms with Crippen LogP contribution in [0.25, 0.3) is 11.1 Å². The van der Waals surface area contributed by atoms with Gasteiger partial charge in [-0.2, -0.15) is 0 Å². The summed E-state index contributed by atoms with van der Waals surface area (Å²) in [5, 5.41) is 1.65. The highest BCUT2D eigenvalue weighted by atomic mass is 28.2. The van der Waals surface area contributed by atoms with E-state index in [0.717, 1.165) is 12.8 Å². The molecule has 2 aromatic rings. The molecule has 0 aromatic heterocycles. The van der Waals surface area contributed by atoms with E-state index >= 15 is 0 Å². The van der Waals surface area contributed by atoms with Gasteiger partial charge in [-0.1, -0.05) is 67.0 Å². The van der Waals surface area contributed by atoms with Crippen LogP contribution >= 0.6 is 0 Å². The summed E-state index contributed by atoms with van der Waals surface area (Å²) in [5.41, 5.74) is 6.04. The average molecular weight is 237 g/mol. The minimum Gasteiger partial charge on any atom is -0.0634 e. The van der Waals surface area contributed by atoms with Gasteiger partial charge in [-0.3, -0.25) is 0 Å². The van der Waals surface area contributed by atoms with Crippen LogP contribution in [0.4, 0.5) is 0 Å². The Bertz CT molecular complexity index is 543.